The molecule has 0 aliphatic carbocycles. The molecule has 0 aliphatic rings. The van der Waals surface area contributed by atoms with Gasteiger partial charge in [0.2, 0.25) is 0 Å². The van der Waals surface area contributed by atoms with Gasteiger partial charge in [0.25, 0.3) is 0 Å². The van der Waals surface area contributed by atoms with E-state index >= 15 is 0 Å². The number of halogens is 2. The number of carbonyl (C=O) groups excluding carboxylic acids is 1. The molecule has 0 N–H and O–H groups in total. The summed E-state index contributed by atoms with van der Waals surface area (Å²) in [4.78, 5) is 13.8. The molecule has 2 nitrogen and oxygen atoms in total. The molecule has 0 aliphatic heterocycles. The average Bonchev–Trinajstić information content (AvgIpc) is 3.04. The van der Waals surface area contributed by atoms with E-state index in [4.69, 9.17) is 4.74 Å². The average molecular weight is 424 g/mol. The van der Waals surface area contributed by atoms with Crippen molar-refractivity contribution >= 4 is 26.5 Å². The van der Waals surface area contributed by atoms with Gasteiger partial charge in [0.1, 0.15) is 22.6 Å². The molecule has 0 spiro atoms. The van der Waals surface area contributed by atoms with Gasteiger partial charge in [0, 0.05) is 33.0 Å². The van der Waals surface area contributed by atoms with Crippen molar-refractivity contribution < 1.29 is 18.3 Å². The van der Waals surface area contributed by atoms with E-state index in [1.54, 1.807) is 26.0 Å². The summed E-state index contributed by atoms with van der Waals surface area (Å²) < 4.78 is 34.2. The molecule has 4 aromatic rings. The number of fused-ring (bicyclic) bond motifs is 1. The van der Waals surface area contributed by atoms with Crippen LogP contribution in [0.25, 0.3) is 15.0 Å². The van der Waals surface area contributed by atoms with Crippen LogP contribution in [-0.2, 0) is 10.3 Å². The molecule has 3 aromatic carbocycles. The monoisotopic (exact) mass is 423 g/mol. The highest BCUT2D eigenvalue weighted by atomic mass is 32.2. The Bertz CT molecular complexity index is 1240. The SMILES string of the molecule is Cc1c[s+](-c2ccc(C(=O)OC(C)(C)c3ccc(F)cc3F)cc2)c2ccccc12. The number of esters is 1. The van der Waals surface area contributed by atoms with Crippen molar-refractivity contribution in [1.29, 1.82) is 0 Å². The summed E-state index contributed by atoms with van der Waals surface area (Å²) in [5.74, 6) is -1.98. The quantitative estimate of drug-likeness (QED) is 0.255. The van der Waals surface area contributed by atoms with Crippen LogP contribution < -0.4 is 0 Å². The zero-order chi connectivity index (χ0) is 21.5. The van der Waals surface area contributed by atoms with E-state index in [-0.39, 0.29) is 16.0 Å². The van der Waals surface area contributed by atoms with Crippen LogP contribution in [-0.4, -0.2) is 5.97 Å². The van der Waals surface area contributed by atoms with Crippen molar-refractivity contribution in [2.75, 3.05) is 0 Å². The number of benzene rings is 3. The third-order valence-corrected chi connectivity index (χ3v) is 7.31. The molecule has 1 atom stereocenters. The molecule has 0 saturated carbocycles. The van der Waals surface area contributed by atoms with Crippen LogP contribution in [0.15, 0.2) is 72.1 Å². The number of hydrogen-bond acceptors (Lipinski definition) is 2. The highest BCUT2D eigenvalue weighted by Crippen LogP contribution is 2.41. The fourth-order valence-corrected chi connectivity index (χ4v) is 5.66. The molecule has 4 rings (SSSR count). The summed E-state index contributed by atoms with van der Waals surface area (Å²) in [6.45, 7) is 5.27. The zero-order valence-corrected chi connectivity index (χ0v) is 17.7. The number of rotatable bonds is 4. The predicted octanol–water partition coefficient (Wildman–Crippen LogP) is 7.26. The van der Waals surface area contributed by atoms with Crippen LogP contribution >= 0.6 is 10.5 Å². The lowest BCUT2D eigenvalue weighted by atomic mass is 9.97. The Labute approximate surface area is 176 Å². The lowest BCUT2D eigenvalue weighted by Crippen LogP contribution is -2.27. The first-order valence-electron chi connectivity index (χ1n) is 9.56. The van der Waals surface area contributed by atoms with Crippen molar-refractivity contribution in [1.82, 2.24) is 0 Å². The van der Waals surface area contributed by atoms with Gasteiger partial charge in [-0.2, -0.15) is 0 Å². The second kappa shape index (κ2) is 7.65. The zero-order valence-electron chi connectivity index (χ0n) is 16.9. The minimum atomic E-state index is -1.24. The maximum absolute atomic E-state index is 14.1. The van der Waals surface area contributed by atoms with Gasteiger partial charge in [-0.3, -0.25) is 0 Å². The Hall–Kier alpha value is -3.05. The van der Waals surface area contributed by atoms with Gasteiger partial charge in [-0.1, -0.05) is 12.1 Å². The Morgan fingerprint density at radius 1 is 0.967 bits per heavy atom. The van der Waals surface area contributed by atoms with Gasteiger partial charge in [0.05, 0.1) is 5.56 Å². The van der Waals surface area contributed by atoms with Crippen LogP contribution in [0, 0.1) is 18.6 Å². The number of hydrogen-bond donors (Lipinski definition) is 0. The summed E-state index contributed by atoms with van der Waals surface area (Å²) in [7, 11) is -0.171. The fraction of sp³-hybridized carbons (Fsp3) is 0.160. The van der Waals surface area contributed by atoms with Gasteiger partial charge < -0.3 is 4.74 Å². The van der Waals surface area contributed by atoms with E-state index in [2.05, 4.69) is 24.4 Å². The fourth-order valence-electron chi connectivity index (χ4n) is 3.54. The number of carbonyl (C=O) groups is 1. The summed E-state index contributed by atoms with van der Waals surface area (Å²) >= 11 is 0. The highest BCUT2D eigenvalue weighted by molar-refractivity contribution is 7.43. The predicted molar refractivity (Wildman–Crippen MR) is 117 cm³/mol. The molecule has 0 fully saturated rings. The van der Waals surface area contributed by atoms with Gasteiger partial charge >= 0.3 is 5.97 Å². The first kappa shape index (κ1) is 20.2. The third-order valence-electron chi connectivity index (χ3n) is 5.12. The van der Waals surface area contributed by atoms with E-state index in [0.717, 1.165) is 17.0 Å². The molecule has 1 aromatic heterocycles. The molecule has 1 heterocycles. The minimum Gasteiger partial charge on any atom is -0.451 e. The normalized spacial score (nSPS) is 12.2. The summed E-state index contributed by atoms with van der Waals surface area (Å²) in [5.41, 5.74) is 0.518. The molecule has 152 valence electrons. The summed E-state index contributed by atoms with van der Waals surface area (Å²) in [6, 6.07) is 18.9. The molecular weight excluding hydrogens is 402 g/mol. The van der Waals surface area contributed by atoms with Crippen LogP contribution in [0.4, 0.5) is 8.78 Å². The lowest BCUT2D eigenvalue weighted by Gasteiger charge is -2.26. The van der Waals surface area contributed by atoms with Crippen LogP contribution in [0.2, 0.25) is 0 Å². The van der Waals surface area contributed by atoms with E-state index in [1.165, 1.54) is 21.7 Å². The minimum absolute atomic E-state index is 0.124. The second-order valence-electron chi connectivity index (χ2n) is 7.68. The number of thiophene rings is 1. The van der Waals surface area contributed by atoms with E-state index in [1.807, 2.05) is 24.3 Å². The molecular formula is C25H21F2O2S+. The van der Waals surface area contributed by atoms with Crippen LogP contribution in [0.5, 0.6) is 0 Å². The van der Waals surface area contributed by atoms with E-state index in [0.29, 0.717) is 5.56 Å². The van der Waals surface area contributed by atoms with Crippen LogP contribution in [0.1, 0.15) is 35.3 Å². The first-order chi connectivity index (χ1) is 14.3. The van der Waals surface area contributed by atoms with Crippen LogP contribution in [0.3, 0.4) is 0 Å². The maximum Gasteiger partial charge on any atom is 0.339 e. The molecule has 0 radical (unpaired) electrons. The van der Waals surface area contributed by atoms with E-state index in [9.17, 15) is 13.6 Å². The Balaban J connectivity index is 1.58. The molecule has 0 amide bonds. The summed E-state index contributed by atoms with van der Waals surface area (Å²) in [6.07, 6.45) is 0. The van der Waals surface area contributed by atoms with Gasteiger partial charge in [0.15, 0.2) is 9.60 Å². The third kappa shape index (κ3) is 3.73. The Kier molecular flexibility index (Phi) is 5.16. The molecule has 30 heavy (non-hydrogen) atoms. The summed E-state index contributed by atoms with van der Waals surface area (Å²) in [5, 5.41) is 3.51. The van der Waals surface area contributed by atoms with Crippen molar-refractivity contribution in [3.05, 3.63) is 100 Å². The smallest absolute Gasteiger partial charge is 0.339 e. The second-order valence-corrected chi connectivity index (χ2v) is 9.51. The van der Waals surface area contributed by atoms with Crippen molar-refractivity contribution in [2.24, 2.45) is 0 Å². The van der Waals surface area contributed by atoms with E-state index < -0.39 is 23.2 Å². The Morgan fingerprint density at radius 3 is 2.37 bits per heavy atom. The number of ether oxygens (including phenoxy) is 1. The molecule has 5 heteroatoms. The topological polar surface area (TPSA) is 26.3 Å². The standard InChI is InChI=1S/C25H21F2O2S/c1-16-15-30(23-7-5-4-6-20(16)23)19-11-8-17(9-12-19)24(28)29-25(2,3)21-13-10-18(26)14-22(21)27/h4-15H,1-3H3/q+1. The molecule has 0 saturated heterocycles. The van der Waals surface area contributed by atoms with Gasteiger partial charge in [-0.05, 0) is 69.3 Å². The van der Waals surface area contributed by atoms with Crippen molar-refractivity contribution in [2.45, 2.75) is 26.4 Å². The Morgan fingerprint density at radius 2 is 1.67 bits per heavy atom. The number of aryl methyl sites for hydroxylation is 1. The van der Waals surface area contributed by atoms with Crippen molar-refractivity contribution in [3.63, 3.8) is 0 Å². The first-order valence-corrected chi connectivity index (χ1v) is 10.8. The van der Waals surface area contributed by atoms with Crippen molar-refractivity contribution in [3.8, 4) is 4.90 Å². The molecule has 0 bridgehead atoms. The largest absolute Gasteiger partial charge is 0.451 e. The van der Waals surface area contributed by atoms with Gasteiger partial charge in [-0.25, -0.2) is 13.6 Å². The lowest BCUT2D eigenvalue weighted by molar-refractivity contribution is -0.00454. The molecule has 1 unspecified atom stereocenters. The van der Waals surface area contributed by atoms with Gasteiger partial charge in [-0.15, -0.1) is 0 Å². The maximum atomic E-state index is 14.1. The highest BCUT2D eigenvalue weighted by Gasteiger charge is 2.29.